The van der Waals surface area contributed by atoms with Crippen LogP contribution in [-0.4, -0.2) is 23.2 Å². The van der Waals surface area contributed by atoms with Crippen molar-refractivity contribution < 1.29 is 40.5 Å². The first kappa shape index (κ1) is 23.1. The maximum Gasteiger partial charge on any atom is 0.435 e. The van der Waals surface area contributed by atoms with Crippen LogP contribution in [0.5, 0.6) is 0 Å². The minimum Gasteiger partial charge on any atom is -0.366 e. The Balaban J connectivity index is 2.92. The molecule has 0 aliphatic heterocycles. The number of nitro groups is 1. The van der Waals surface area contributed by atoms with E-state index in [1.54, 1.807) is 0 Å². The van der Waals surface area contributed by atoms with Crippen molar-refractivity contribution in [2.24, 2.45) is 5.73 Å². The highest BCUT2D eigenvalue weighted by Gasteiger charge is 2.73. The summed E-state index contributed by atoms with van der Waals surface area (Å²) in [5, 5.41) is 11.4. The first-order valence-corrected chi connectivity index (χ1v) is 8.05. The summed E-state index contributed by atoms with van der Waals surface area (Å²) < 4.78 is 92.8. The van der Waals surface area contributed by atoms with Crippen LogP contribution in [0, 0.1) is 24.0 Å². The zero-order chi connectivity index (χ0) is 23.2. The largest absolute Gasteiger partial charge is 0.435 e. The summed E-state index contributed by atoms with van der Waals surface area (Å²) in [4.78, 5) is 22.2. The van der Waals surface area contributed by atoms with Crippen LogP contribution in [0.2, 0.25) is 0 Å². The number of halogens is 7. The molecule has 0 radical (unpaired) electrons. The highest BCUT2D eigenvalue weighted by atomic mass is 19.4. The summed E-state index contributed by atoms with van der Waals surface area (Å²) in [5.41, 5.74) is -4.50. The van der Waals surface area contributed by atoms with Crippen molar-refractivity contribution in [2.45, 2.75) is 31.9 Å². The maximum atomic E-state index is 14.4. The van der Waals surface area contributed by atoms with Gasteiger partial charge < -0.3 is 5.73 Å². The molecule has 0 atom stereocenters. The minimum absolute atomic E-state index is 0.202. The molecule has 0 heterocycles. The first-order chi connectivity index (χ1) is 13.5. The van der Waals surface area contributed by atoms with Gasteiger partial charge in [-0.25, -0.2) is 4.39 Å². The molecule has 162 valence electrons. The van der Waals surface area contributed by atoms with Gasteiger partial charge in [-0.3, -0.25) is 14.9 Å². The van der Waals surface area contributed by atoms with Crippen LogP contribution in [0.4, 0.5) is 36.4 Å². The van der Waals surface area contributed by atoms with E-state index < -0.39 is 40.1 Å². The highest BCUT2D eigenvalue weighted by Crippen LogP contribution is 2.54. The fourth-order valence-electron chi connectivity index (χ4n) is 3.21. The number of hydrogen-bond acceptors (Lipinski definition) is 3. The predicted octanol–water partition coefficient (Wildman–Crippen LogP) is 5.27. The van der Waals surface area contributed by atoms with Crippen LogP contribution in [0.15, 0.2) is 30.3 Å². The van der Waals surface area contributed by atoms with Gasteiger partial charge in [0.2, 0.25) is 5.91 Å². The lowest BCUT2D eigenvalue weighted by Gasteiger charge is -2.31. The third kappa shape index (κ3) is 3.57. The first-order valence-electron chi connectivity index (χ1n) is 8.05. The molecular formula is C18H13F7N2O3. The predicted molar refractivity (Wildman–Crippen MR) is 91.4 cm³/mol. The molecule has 0 bridgehead atoms. The van der Waals surface area contributed by atoms with Gasteiger partial charge in [0.15, 0.2) is 0 Å². The van der Waals surface area contributed by atoms with E-state index in [4.69, 9.17) is 5.73 Å². The molecule has 0 aromatic heterocycles. The molecule has 2 rings (SSSR count). The molecule has 30 heavy (non-hydrogen) atoms. The number of benzene rings is 2. The van der Waals surface area contributed by atoms with Gasteiger partial charge in [0.1, 0.15) is 0 Å². The number of rotatable bonds is 4. The van der Waals surface area contributed by atoms with Crippen molar-refractivity contribution in [3.63, 3.8) is 0 Å². The summed E-state index contributed by atoms with van der Waals surface area (Å²) in [6.07, 6.45) is -12.6. The third-order valence-corrected chi connectivity index (χ3v) is 4.47. The standard InChI is InChI=1S/C18H13F7N2O3/c1-8-6-10(16(19,17(20,21)22)18(23,24)25)7-9(2)13(8)14-11(15(26)28)4-3-5-12(14)27(29)30/h3-7H,1-2H3,(H2,26,28). The van der Waals surface area contributed by atoms with Crippen LogP contribution in [0.25, 0.3) is 11.1 Å². The number of nitro benzene ring substituents is 1. The zero-order valence-corrected chi connectivity index (χ0v) is 15.3. The van der Waals surface area contributed by atoms with E-state index in [0.717, 1.165) is 32.0 Å². The average Bonchev–Trinajstić information content (AvgIpc) is 2.57. The number of hydrogen-bond donors (Lipinski definition) is 1. The summed E-state index contributed by atoms with van der Waals surface area (Å²) >= 11 is 0. The van der Waals surface area contributed by atoms with Gasteiger partial charge in [0, 0.05) is 11.6 Å². The monoisotopic (exact) mass is 438 g/mol. The Labute approximate surface area is 164 Å². The Morgan fingerprint density at radius 1 is 0.933 bits per heavy atom. The van der Waals surface area contributed by atoms with Crippen molar-refractivity contribution in [2.75, 3.05) is 0 Å². The molecule has 0 saturated heterocycles. The number of amides is 1. The van der Waals surface area contributed by atoms with Gasteiger partial charge in [-0.1, -0.05) is 18.2 Å². The van der Waals surface area contributed by atoms with E-state index in [1.165, 1.54) is 0 Å². The highest BCUT2D eigenvalue weighted by molar-refractivity contribution is 6.03. The van der Waals surface area contributed by atoms with Crippen molar-refractivity contribution in [3.8, 4) is 11.1 Å². The minimum atomic E-state index is -6.32. The van der Waals surface area contributed by atoms with Crippen LogP contribution in [0.1, 0.15) is 27.0 Å². The van der Waals surface area contributed by atoms with Crippen LogP contribution in [-0.2, 0) is 5.67 Å². The lowest BCUT2D eigenvalue weighted by Crippen LogP contribution is -2.50. The summed E-state index contributed by atoms with van der Waals surface area (Å²) in [6.45, 7) is 2.08. The Bertz CT molecular complexity index is 960. The number of nitrogens with two attached hydrogens (primary N) is 1. The van der Waals surface area contributed by atoms with E-state index in [9.17, 15) is 45.6 Å². The number of carbonyl (C=O) groups excluding carboxylic acids is 1. The molecule has 0 saturated carbocycles. The normalized spacial score (nSPS) is 12.7. The van der Waals surface area contributed by atoms with Gasteiger partial charge in [-0.2, -0.15) is 26.3 Å². The smallest absolute Gasteiger partial charge is 0.366 e. The molecule has 0 aliphatic carbocycles. The number of nitrogens with zero attached hydrogens (tertiary/aromatic N) is 1. The summed E-state index contributed by atoms with van der Waals surface area (Å²) in [7, 11) is 0. The molecule has 0 spiro atoms. The van der Waals surface area contributed by atoms with Gasteiger partial charge in [0.25, 0.3) is 5.69 Å². The molecule has 1 amide bonds. The summed E-state index contributed by atoms with van der Waals surface area (Å²) in [5.74, 6) is -1.11. The molecule has 0 unspecified atom stereocenters. The van der Waals surface area contributed by atoms with E-state index in [1.807, 2.05) is 0 Å². The topological polar surface area (TPSA) is 86.2 Å². The third-order valence-electron chi connectivity index (χ3n) is 4.47. The van der Waals surface area contributed by atoms with E-state index in [0.29, 0.717) is 12.1 Å². The molecule has 12 heteroatoms. The number of primary amides is 1. The van der Waals surface area contributed by atoms with E-state index in [2.05, 4.69) is 0 Å². The molecule has 5 nitrogen and oxygen atoms in total. The van der Waals surface area contributed by atoms with Gasteiger partial charge in [-0.05, 0) is 36.6 Å². The fraction of sp³-hybridized carbons (Fsp3) is 0.278. The molecule has 2 aromatic rings. The quantitative estimate of drug-likeness (QED) is 0.401. The van der Waals surface area contributed by atoms with E-state index in [-0.39, 0.29) is 27.8 Å². The SMILES string of the molecule is Cc1cc(C(F)(C(F)(F)F)C(F)(F)F)cc(C)c1-c1c(C(N)=O)cccc1[N+](=O)[O-]. The van der Waals surface area contributed by atoms with Crippen molar-refractivity contribution in [3.05, 3.63) is 62.7 Å². The van der Waals surface area contributed by atoms with Crippen molar-refractivity contribution in [1.82, 2.24) is 0 Å². The second-order valence-corrected chi connectivity index (χ2v) is 6.46. The lowest BCUT2D eigenvalue weighted by molar-refractivity contribution is -0.384. The van der Waals surface area contributed by atoms with Gasteiger partial charge in [-0.15, -0.1) is 0 Å². The van der Waals surface area contributed by atoms with Crippen molar-refractivity contribution >= 4 is 11.6 Å². The Hall–Kier alpha value is -3.18. The molecule has 0 aliphatic rings. The Morgan fingerprint density at radius 2 is 1.40 bits per heavy atom. The van der Waals surface area contributed by atoms with Gasteiger partial charge in [0.05, 0.1) is 16.1 Å². The van der Waals surface area contributed by atoms with E-state index >= 15 is 0 Å². The fourth-order valence-corrected chi connectivity index (χ4v) is 3.21. The number of carbonyl (C=O) groups is 1. The van der Waals surface area contributed by atoms with Crippen LogP contribution in [0.3, 0.4) is 0 Å². The van der Waals surface area contributed by atoms with Crippen LogP contribution >= 0.6 is 0 Å². The lowest BCUT2D eigenvalue weighted by atomic mass is 9.85. The van der Waals surface area contributed by atoms with Crippen molar-refractivity contribution in [1.29, 1.82) is 0 Å². The Kier molecular flexibility index (Phi) is 5.59. The molecule has 2 N–H and O–H groups in total. The second kappa shape index (κ2) is 7.26. The molecule has 2 aromatic carbocycles. The van der Waals surface area contributed by atoms with Gasteiger partial charge >= 0.3 is 18.0 Å². The summed E-state index contributed by atoms with van der Waals surface area (Å²) in [6, 6.07) is 3.83. The molecular weight excluding hydrogens is 425 g/mol. The number of alkyl halides is 7. The average molecular weight is 438 g/mol. The van der Waals surface area contributed by atoms with Crippen LogP contribution < -0.4 is 5.73 Å². The molecule has 0 fully saturated rings. The maximum absolute atomic E-state index is 14.4. The Morgan fingerprint density at radius 3 is 1.77 bits per heavy atom. The second-order valence-electron chi connectivity index (χ2n) is 6.46. The zero-order valence-electron chi connectivity index (χ0n) is 15.3. The number of aryl methyl sites for hydroxylation is 2.